The summed E-state index contributed by atoms with van der Waals surface area (Å²) in [6.07, 6.45) is 0. The van der Waals surface area contributed by atoms with Crippen LogP contribution in [0.2, 0.25) is 45.3 Å². The fourth-order valence-corrected chi connectivity index (χ4v) is 3.28. The molecule has 0 aliphatic rings. The van der Waals surface area contributed by atoms with Crippen LogP contribution in [0.4, 0.5) is 13.2 Å². The van der Waals surface area contributed by atoms with E-state index in [1.54, 1.807) is 32.1 Å². The largest absolute Gasteiger partial charge is 0.284 e. The Labute approximate surface area is 305 Å². The molecule has 240 valence electrons. The predicted octanol–water partition coefficient (Wildman–Crippen LogP) is 13.1. The van der Waals surface area contributed by atoms with E-state index in [0.29, 0.717) is 25.1 Å². The molecule has 24 heteroatoms. The van der Waals surface area contributed by atoms with Crippen molar-refractivity contribution in [2.45, 2.75) is 0 Å². The Morgan fingerprint density at radius 1 is 0.489 bits per heavy atom. The minimum Gasteiger partial charge on any atom is -0.284 e. The van der Waals surface area contributed by atoms with E-state index >= 15 is 0 Å². The number of nitrogens with zero attached hydrogens (tertiary/aromatic N) is 6. The van der Waals surface area contributed by atoms with Crippen LogP contribution in [0.3, 0.4) is 0 Å². The summed E-state index contributed by atoms with van der Waals surface area (Å²) in [4.78, 5) is 9.72. The van der Waals surface area contributed by atoms with Crippen molar-refractivity contribution < 1.29 is 13.2 Å². The van der Waals surface area contributed by atoms with Crippen molar-refractivity contribution in [3.05, 3.63) is 80.1 Å². The molecule has 0 radical (unpaired) electrons. The molecular formula is C21H12Cl9F3N9P3. The molecule has 0 unspecified atom stereocenters. The van der Waals surface area contributed by atoms with Crippen molar-refractivity contribution >= 4 is 130 Å². The molecule has 0 aliphatic carbocycles. The number of pyridine rings is 3. The fourth-order valence-electron chi connectivity index (χ4n) is 1.68. The Kier molecular flexibility index (Phi) is 28.5. The number of halogens is 12. The summed E-state index contributed by atoms with van der Waals surface area (Å²) in [7, 11) is 2.00. The molecule has 9 nitrogen and oxygen atoms in total. The van der Waals surface area contributed by atoms with E-state index < -0.39 is 33.5 Å². The van der Waals surface area contributed by atoms with Crippen molar-refractivity contribution in [2.75, 3.05) is 20.0 Å². The summed E-state index contributed by atoms with van der Waals surface area (Å²) in [5.41, 5.74) is -1.01. The molecule has 3 N–H and O–H groups in total. The molecule has 0 saturated heterocycles. The van der Waals surface area contributed by atoms with Crippen molar-refractivity contribution in [1.29, 1.82) is 31.3 Å². The smallest absolute Gasteiger partial charge is 0.234 e. The zero-order valence-electron chi connectivity index (χ0n) is 22.1. The third-order valence-corrected chi connectivity index (χ3v) is 7.03. The zero-order valence-corrected chi connectivity index (χ0v) is 31.5. The molecule has 0 fully saturated rings. The minimum atomic E-state index is -1.15. The SMILES string of the molecule is CP=N.CP=N.CP=N.N#Cc1nc(Cl)c(Cl)c(Cl)c1Cl.N#Cc1nc(F)c(Cl)c(Cl)c1Cl.N#Cc1nc(F)c(Cl)c(Cl)c1F. The van der Waals surface area contributed by atoms with Gasteiger partial charge in [0.1, 0.15) is 33.3 Å². The molecule has 45 heavy (non-hydrogen) atoms. The maximum absolute atomic E-state index is 12.8. The second-order valence-electron chi connectivity index (χ2n) is 6.09. The lowest BCUT2D eigenvalue weighted by molar-refractivity contribution is 0.557. The highest BCUT2D eigenvalue weighted by Crippen LogP contribution is 2.36. The van der Waals surface area contributed by atoms with Crippen LogP contribution in [0.15, 0.2) is 0 Å². The summed E-state index contributed by atoms with van der Waals surface area (Å²) in [5.74, 6) is -3.26. The molecule has 3 aromatic heterocycles. The Bertz CT molecular complexity index is 1450. The van der Waals surface area contributed by atoms with Gasteiger partial charge in [-0.2, -0.15) is 24.6 Å². The first-order chi connectivity index (χ1) is 21.0. The number of aromatic nitrogens is 3. The first kappa shape index (κ1) is 48.0. The van der Waals surface area contributed by atoms with Gasteiger partial charge < -0.3 is 0 Å². The van der Waals surface area contributed by atoms with Crippen molar-refractivity contribution in [3.8, 4) is 18.2 Å². The van der Waals surface area contributed by atoms with Crippen LogP contribution < -0.4 is 0 Å². The standard InChI is InChI=1S/C6Cl4N2.C6Cl3FN2.C6Cl2F2N2.3CH4NP/c2*7-3-2(1-11)12-6(10)5(9)4(3)8;7-3-4(8)6(10)12-2(1-11)5(3)9;3*1-3-2/h;;;3*2H,1H3. The molecule has 3 aromatic rings. The highest BCUT2D eigenvalue weighted by molar-refractivity contribution is 7.24. The van der Waals surface area contributed by atoms with E-state index in [1.165, 1.54) is 6.07 Å². The number of hydrogen-bond donors (Lipinski definition) is 3. The second-order valence-corrected chi connectivity index (χ2v) is 10.8. The Morgan fingerprint density at radius 3 is 1.13 bits per heavy atom. The molecule has 0 amide bonds. The number of nitrogens with one attached hydrogen (secondary N) is 3. The monoisotopic (exact) mass is 855 g/mol. The molecule has 3 heterocycles. The molecule has 3 rings (SSSR count). The zero-order chi connectivity index (χ0) is 36.0. The van der Waals surface area contributed by atoms with Crippen molar-refractivity contribution in [3.63, 3.8) is 0 Å². The minimum absolute atomic E-state index is 0.0218. The van der Waals surface area contributed by atoms with Crippen LogP contribution in [0.25, 0.3) is 0 Å². The maximum Gasteiger partial charge on any atom is 0.234 e. The highest BCUT2D eigenvalue weighted by atomic mass is 35.5. The van der Waals surface area contributed by atoms with Crippen molar-refractivity contribution in [2.24, 2.45) is 0 Å². The maximum atomic E-state index is 12.8. The van der Waals surface area contributed by atoms with Gasteiger partial charge in [-0.1, -0.05) is 104 Å². The average molecular weight is 859 g/mol. The van der Waals surface area contributed by atoms with Gasteiger partial charge in [0.25, 0.3) is 0 Å². The van der Waals surface area contributed by atoms with E-state index in [2.05, 4.69) is 15.0 Å². The van der Waals surface area contributed by atoms with Gasteiger partial charge in [-0.25, -0.2) is 19.3 Å². The van der Waals surface area contributed by atoms with E-state index in [9.17, 15) is 13.2 Å². The van der Waals surface area contributed by atoms with Crippen molar-refractivity contribution in [1.82, 2.24) is 15.0 Å². The molecule has 0 bridgehead atoms. The van der Waals surface area contributed by atoms with Crippen LogP contribution >= 0.6 is 130 Å². The Morgan fingerprint density at radius 2 is 0.778 bits per heavy atom. The Hall–Kier alpha value is -1.38. The van der Waals surface area contributed by atoms with E-state index in [4.69, 9.17) is 136 Å². The van der Waals surface area contributed by atoms with Gasteiger partial charge >= 0.3 is 0 Å². The quantitative estimate of drug-likeness (QED) is 0.149. The van der Waals surface area contributed by atoms with Crippen LogP contribution in [0.1, 0.15) is 17.1 Å². The Balaban J connectivity index is -0.000000518. The first-order valence-corrected chi connectivity index (χ1v) is 17.5. The van der Waals surface area contributed by atoms with Gasteiger partial charge in [0.2, 0.25) is 11.9 Å². The molecule has 0 aliphatic heterocycles. The molecule has 0 saturated carbocycles. The predicted molar refractivity (Wildman–Crippen MR) is 179 cm³/mol. The number of nitriles is 3. The lowest BCUT2D eigenvalue weighted by Crippen LogP contribution is -1.95. The van der Waals surface area contributed by atoms with Gasteiger partial charge in [-0.3, -0.25) is 15.5 Å². The van der Waals surface area contributed by atoms with Crippen LogP contribution in [0, 0.1) is 67.2 Å². The first-order valence-electron chi connectivity index (χ1n) is 10.0. The summed E-state index contributed by atoms with van der Waals surface area (Å²) < 4.78 is 38.0. The van der Waals surface area contributed by atoms with Gasteiger partial charge in [-0.15, -0.1) is 0 Å². The highest BCUT2D eigenvalue weighted by Gasteiger charge is 2.17. The van der Waals surface area contributed by atoms with E-state index in [0.717, 1.165) is 0 Å². The topological polar surface area (TPSA) is 182 Å². The lowest BCUT2D eigenvalue weighted by Gasteiger charge is -2.01. The van der Waals surface area contributed by atoms with Gasteiger partial charge in [0, 0.05) is 0 Å². The van der Waals surface area contributed by atoms with Crippen LogP contribution in [-0.2, 0) is 0 Å². The van der Waals surface area contributed by atoms with E-state index in [-0.39, 0.29) is 46.7 Å². The van der Waals surface area contributed by atoms with Crippen LogP contribution in [0.5, 0.6) is 0 Å². The van der Waals surface area contributed by atoms with Gasteiger partial charge in [-0.05, 0) is 45.1 Å². The summed E-state index contributed by atoms with van der Waals surface area (Å²) in [5, 5.41) is 41.8. The molecule has 0 spiro atoms. The molecule has 0 atom stereocenters. The summed E-state index contributed by atoms with van der Waals surface area (Å²) in [6, 6.07) is 4.65. The van der Waals surface area contributed by atoms with Gasteiger partial charge in [0.05, 0.1) is 25.1 Å². The van der Waals surface area contributed by atoms with E-state index in [1.807, 2.05) is 0 Å². The molecular weight excluding hydrogens is 847 g/mol. The third kappa shape index (κ3) is 16.8. The normalized spacial score (nSPS) is 9.07. The summed E-state index contributed by atoms with van der Waals surface area (Å²) in [6.45, 7) is 5.29. The second kappa shape index (κ2) is 26.7. The van der Waals surface area contributed by atoms with Gasteiger partial charge in [0.15, 0.2) is 28.1 Å². The fraction of sp³-hybridized carbons (Fsp3) is 0.143. The van der Waals surface area contributed by atoms with Crippen LogP contribution in [-0.4, -0.2) is 34.9 Å². The molecule has 0 aromatic carbocycles. The average Bonchev–Trinajstić information content (AvgIpc) is 3.01. The number of rotatable bonds is 0. The lowest BCUT2D eigenvalue weighted by atomic mass is 10.3. The third-order valence-electron chi connectivity index (χ3n) is 3.27. The summed E-state index contributed by atoms with van der Waals surface area (Å²) >= 11 is 49.1. The number of hydrogen-bond acceptors (Lipinski definition) is 9.